The molecule has 1 aromatic heterocycles. The van der Waals surface area contributed by atoms with Gasteiger partial charge >= 0.3 is 0 Å². The lowest BCUT2D eigenvalue weighted by molar-refractivity contribution is 0.0786. The maximum Gasteiger partial charge on any atom is 0.274 e. The Morgan fingerprint density at radius 1 is 1.22 bits per heavy atom. The topological polar surface area (TPSA) is 58.1 Å². The summed E-state index contributed by atoms with van der Waals surface area (Å²) < 4.78 is 0. The van der Waals surface area contributed by atoms with Gasteiger partial charge < -0.3 is 10.2 Å². The summed E-state index contributed by atoms with van der Waals surface area (Å²) in [6.45, 7) is 2.75. The Balaban J connectivity index is 1.71. The third-order valence-corrected chi connectivity index (χ3v) is 3.70. The van der Waals surface area contributed by atoms with E-state index < -0.39 is 0 Å². The Bertz CT molecular complexity index is 419. The summed E-state index contributed by atoms with van der Waals surface area (Å²) in [7, 11) is 0. The molecule has 0 saturated carbocycles. The van der Waals surface area contributed by atoms with E-state index in [4.69, 9.17) is 0 Å². The van der Waals surface area contributed by atoms with Crippen molar-refractivity contribution in [3.05, 3.63) is 23.8 Å². The van der Waals surface area contributed by atoms with E-state index in [0.29, 0.717) is 11.7 Å². The highest BCUT2D eigenvalue weighted by Gasteiger charge is 2.22. The number of hydrogen-bond donors (Lipinski definition) is 1. The molecule has 0 aromatic carbocycles. The highest BCUT2D eigenvalue weighted by Crippen LogP contribution is 2.20. The van der Waals surface area contributed by atoms with E-state index in [0.717, 1.165) is 44.6 Å². The Kier molecular flexibility index (Phi) is 3.23. The fourth-order valence-electron chi connectivity index (χ4n) is 2.65. The molecule has 2 saturated heterocycles. The predicted molar refractivity (Wildman–Crippen MR) is 67.1 cm³/mol. The van der Waals surface area contributed by atoms with Crippen molar-refractivity contribution in [1.29, 1.82) is 0 Å². The zero-order chi connectivity index (χ0) is 12.4. The van der Waals surface area contributed by atoms with E-state index in [2.05, 4.69) is 15.3 Å². The lowest BCUT2D eigenvalue weighted by atomic mass is 10.2. The maximum atomic E-state index is 12.1. The molecule has 0 spiro atoms. The van der Waals surface area contributed by atoms with Gasteiger partial charge in [0, 0.05) is 13.1 Å². The average Bonchev–Trinajstić information content (AvgIpc) is 3.11. The van der Waals surface area contributed by atoms with E-state index in [1.54, 1.807) is 12.4 Å². The van der Waals surface area contributed by atoms with E-state index >= 15 is 0 Å². The SMILES string of the molecule is O=C(c1cnc([C@H]2CCCN2)cn1)N1CCCC1. The first-order valence-corrected chi connectivity index (χ1v) is 6.69. The molecule has 0 aliphatic carbocycles. The van der Waals surface area contributed by atoms with E-state index in [-0.39, 0.29) is 5.91 Å². The van der Waals surface area contributed by atoms with Crippen molar-refractivity contribution in [2.24, 2.45) is 0 Å². The molecule has 5 nitrogen and oxygen atoms in total. The van der Waals surface area contributed by atoms with Gasteiger partial charge in [0.15, 0.2) is 0 Å². The molecule has 0 unspecified atom stereocenters. The normalized spacial score (nSPS) is 23.6. The number of carbonyl (C=O) groups is 1. The van der Waals surface area contributed by atoms with Crippen molar-refractivity contribution in [1.82, 2.24) is 20.2 Å². The number of nitrogens with zero attached hydrogens (tertiary/aromatic N) is 3. The quantitative estimate of drug-likeness (QED) is 0.850. The van der Waals surface area contributed by atoms with Gasteiger partial charge in [-0.15, -0.1) is 0 Å². The molecule has 5 heteroatoms. The van der Waals surface area contributed by atoms with Crippen LogP contribution in [0.3, 0.4) is 0 Å². The van der Waals surface area contributed by atoms with Gasteiger partial charge in [0.1, 0.15) is 5.69 Å². The first kappa shape index (κ1) is 11.6. The minimum absolute atomic E-state index is 0.0194. The molecule has 1 N–H and O–H groups in total. The number of likely N-dealkylation sites (tertiary alicyclic amines) is 1. The standard InChI is InChI=1S/C13H18N4O/c18-13(17-6-1-2-7-17)12-9-15-11(8-16-12)10-4-3-5-14-10/h8-10,14H,1-7H2/t10-/m1/s1. The first-order chi connectivity index (χ1) is 8.84. The van der Waals surface area contributed by atoms with Gasteiger partial charge in [-0.1, -0.05) is 0 Å². The van der Waals surface area contributed by atoms with Crippen molar-refractivity contribution in [2.75, 3.05) is 19.6 Å². The summed E-state index contributed by atoms with van der Waals surface area (Å²) in [6, 6.07) is 0.313. The fourth-order valence-corrected chi connectivity index (χ4v) is 2.65. The summed E-state index contributed by atoms with van der Waals surface area (Å²) >= 11 is 0. The first-order valence-electron chi connectivity index (χ1n) is 6.69. The second-order valence-electron chi connectivity index (χ2n) is 4.97. The Morgan fingerprint density at radius 3 is 2.67 bits per heavy atom. The highest BCUT2D eigenvalue weighted by molar-refractivity contribution is 5.92. The van der Waals surface area contributed by atoms with Crippen LogP contribution in [0.25, 0.3) is 0 Å². The van der Waals surface area contributed by atoms with Gasteiger partial charge in [0.05, 0.1) is 24.1 Å². The van der Waals surface area contributed by atoms with Crippen LogP contribution in [0, 0.1) is 0 Å². The van der Waals surface area contributed by atoms with Crippen LogP contribution in [-0.2, 0) is 0 Å². The molecule has 2 aliphatic rings. The molecule has 0 radical (unpaired) electrons. The fraction of sp³-hybridized carbons (Fsp3) is 0.615. The molecule has 96 valence electrons. The van der Waals surface area contributed by atoms with Crippen molar-refractivity contribution in [2.45, 2.75) is 31.7 Å². The number of amides is 1. The molecule has 2 fully saturated rings. The maximum absolute atomic E-state index is 12.1. The Labute approximate surface area is 107 Å². The summed E-state index contributed by atoms with van der Waals surface area (Å²) in [5.41, 5.74) is 1.42. The number of rotatable bonds is 2. The van der Waals surface area contributed by atoms with Crippen LogP contribution in [0.15, 0.2) is 12.4 Å². The minimum Gasteiger partial charge on any atom is -0.337 e. The number of hydrogen-bond acceptors (Lipinski definition) is 4. The molecular formula is C13H18N4O. The summed E-state index contributed by atoms with van der Waals surface area (Å²) in [5.74, 6) is 0.0194. The Morgan fingerprint density at radius 2 is 2.06 bits per heavy atom. The average molecular weight is 246 g/mol. The van der Waals surface area contributed by atoms with Crippen molar-refractivity contribution in [3.8, 4) is 0 Å². The van der Waals surface area contributed by atoms with Crippen molar-refractivity contribution >= 4 is 5.91 Å². The largest absolute Gasteiger partial charge is 0.337 e. The number of nitrogens with one attached hydrogen (secondary N) is 1. The zero-order valence-corrected chi connectivity index (χ0v) is 10.4. The third-order valence-electron chi connectivity index (χ3n) is 3.70. The third kappa shape index (κ3) is 2.22. The van der Waals surface area contributed by atoms with Crippen LogP contribution in [0.2, 0.25) is 0 Å². The van der Waals surface area contributed by atoms with E-state index in [1.807, 2.05) is 4.90 Å². The molecule has 1 aromatic rings. The molecular weight excluding hydrogens is 228 g/mol. The molecule has 3 heterocycles. The molecule has 1 atom stereocenters. The van der Waals surface area contributed by atoms with Crippen molar-refractivity contribution < 1.29 is 4.79 Å². The lowest BCUT2D eigenvalue weighted by Gasteiger charge is -2.15. The highest BCUT2D eigenvalue weighted by atomic mass is 16.2. The van der Waals surface area contributed by atoms with Gasteiger partial charge in [-0.3, -0.25) is 9.78 Å². The summed E-state index contributed by atoms with van der Waals surface area (Å²) in [6.07, 6.45) is 7.85. The van der Waals surface area contributed by atoms with Crippen LogP contribution < -0.4 is 5.32 Å². The second kappa shape index (κ2) is 5.02. The van der Waals surface area contributed by atoms with Crippen LogP contribution in [-0.4, -0.2) is 40.4 Å². The van der Waals surface area contributed by atoms with Gasteiger partial charge in [-0.25, -0.2) is 4.98 Å². The second-order valence-corrected chi connectivity index (χ2v) is 4.97. The van der Waals surface area contributed by atoms with Gasteiger partial charge in [0.2, 0.25) is 0 Å². The lowest BCUT2D eigenvalue weighted by Crippen LogP contribution is -2.28. The van der Waals surface area contributed by atoms with Crippen LogP contribution in [0.5, 0.6) is 0 Å². The number of carbonyl (C=O) groups excluding carboxylic acids is 1. The van der Waals surface area contributed by atoms with Gasteiger partial charge in [-0.2, -0.15) is 0 Å². The Hall–Kier alpha value is -1.49. The van der Waals surface area contributed by atoms with E-state index in [9.17, 15) is 4.79 Å². The van der Waals surface area contributed by atoms with Crippen LogP contribution >= 0.6 is 0 Å². The minimum atomic E-state index is 0.0194. The zero-order valence-electron chi connectivity index (χ0n) is 10.4. The predicted octanol–water partition coefficient (Wildman–Crippen LogP) is 1.14. The molecule has 0 bridgehead atoms. The molecule has 3 rings (SSSR count). The summed E-state index contributed by atoms with van der Waals surface area (Å²) in [4.78, 5) is 22.6. The molecule has 1 amide bonds. The molecule has 2 aliphatic heterocycles. The van der Waals surface area contributed by atoms with Gasteiger partial charge in [0.25, 0.3) is 5.91 Å². The van der Waals surface area contributed by atoms with Gasteiger partial charge in [-0.05, 0) is 32.2 Å². The van der Waals surface area contributed by atoms with Crippen LogP contribution in [0.1, 0.15) is 47.9 Å². The van der Waals surface area contributed by atoms with Crippen LogP contribution in [0.4, 0.5) is 0 Å². The van der Waals surface area contributed by atoms with Crippen molar-refractivity contribution in [3.63, 3.8) is 0 Å². The summed E-state index contributed by atoms with van der Waals surface area (Å²) in [5, 5.41) is 3.38. The molecule has 18 heavy (non-hydrogen) atoms. The van der Waals surface area contributed by atoms with E-state index in [1.165, 1.54) is 6.42 Å². The number of aromatic nitrogens is 2. The smallest absolute Gasteiger partial charge is 0.274 e. The monoisotopic (exact) mass is 246 g/mol.